The van der Waals surface area contributed by atoms with Gasteiger partial charge in [-0.2, -0.15) is 0 Å². The molecule has 2 heteroatoms. The number of unbranched alkanes of at least 4 members (excludes halogenated alkanes) is 2. The molecule has 2 aromatic rings. The molecule has 2 aromatic carbocycles. The lowest BCUT2D eigenvalue weighted by molar-refractivity contribution is -0.137. The highest BCUT2D eigenvalue weighted by Crippen LogP contribution is 2.37. The van der Waals surface area contributed by atoms with E-state index < -0.39 is 0 Å². The average molecular weight is 421 g/mol. The zero-order chi connectivity index (χ0) is 21.5. The van der Waals surface area contributed by atoms with Crippen LogP contribution in [0, 0.1) is 5.92 Å². The molecule has 0 unspecified atom stereocenters. The Labute approximate surface area is 189 Å². The van der Waals surface area contributed by atoms with Gasteiger partial charge in [-0.1, -0.05) is 88.1 Å². The average Bonchev–Trinajstić information content (AvgIpc) is 2.85. The molecule has 0 amide bonds. The topological polar surface area (TPSA) is 18.5 Å². The van der Waals surface area contributed by atoms with Crippen molar-refractivity contribution >= 4 is 0 Å². The van der Waals surface area contributed by atoms with Gasteiger partial charge in [0, 0.05) is 0 Å². The zero-order valence-electron chi connectivity index (χ0n) is 19.5. The summed E-state index contributed by atoms with van der Waals surface area (Å²) >= 11 is 0. The van der Waals surface area contributed by atoms with Crippen molar-refractivity contribution in [3.8, 4) is 11.1 Å². The molecule has 2 atom stereocenters. The molecule has 1 saturated heterocycles. The highest BCUT2D eigenvalue weighted by molar-refractivity contribution is 5.64. The minimum Gasteiger partial charge on any atom is -0.373 e. The molecule has 0 N–H and O–H groups in total. The summed E-state index contributed by atoms with van der Waals surface area (Å²) in [6.45, 7) is 5.97. The van der Waals surface area contributed by atoms with Gasteiger partial charge < -0.3 is 9.47 Å². The molecule has 168 valence electrons. The van der Waals surface area contributed by atoms with Crippen LogP contribution in [0.1, 0.15) is 94.8 Å². The fraction of sp³-hybridized carbons (Fsp3) is 0.586. The Morgan fingerprint density at radius 3 is 1.90 bits per heavy atom. The molecule has 0 aromatic heterocycles. The highest BCUT2D eigenvalue weighted by atomic mass is 16.6. The Hall–Kier alpha value is -1.64. The first-order chi connectivity index (χ1) is 15.3. The molecule has 1 aliphatic heterocycles. The van der Waals surface area contributed by atoms with Crippen molar-refractivity contribution < 1.29 is 9.47 Å². The van der Waals surface area contributed by atoms with Crippen molar-refractivity contribution in [2.75, 3.05) is 13.2 Å². The summed E-state index contributed by atoms with van der Waals surface area (Å²) in [6.07, 6.45) is 12.1. The second-order valence-electron chi connectivity index (χ2n) is 9.64. The van der Waals surface area contributed by atoms with Gasteiger partial charge in [-0.15, -0.1) is 0 Å². The summed E-state index contributed by atoms with van der Waals surface area (Å²) in [6, 6.07) is 18.2. The lowest BCUT2D eigenvalue weighted by Gasteiger charge is -2.30. The molecule has 31 heavy (non-hydrogen) atoms. The van der Waals surface area contributed by atoms with Gasteiger partial charge in [0.1, 0.15) is 6.10 Å². The van der Waals surface area contributed by atoms with E-state index in [0.29, 0.717) is 6.61 Å². The molecule has 0 radical (unpaired) electrons. The van der Waals surface area contributed by atoms with Crippen molar-refractivity contribution in [1.82, 2.24) is 0 Å². The maximum atomic E-state index is 6.13. The van der Waals surface area contributed by atoms with E-state index in [1.54, 1.807) is 0 Å². The molecule has 2 fully saturated rings. The van der Waals surface area contributed by atoms with Crippen LogP contribution < -0.4 is 0 Å². The van der Waals surface area contributed by atoms with E-state index in [-0.39, 0.29) is 12.2 Å². The van der Waals surface area contributed by atoms with Gasteiger partial charge in [-0.05, 0) is 66.2 Å². The van der Waals surface area contributed by atoms with E-state index in [0.717, 1.165) is 24.9 Å². The van der Waals surface area contributed by atoms with Crippen molar-refractivity contribution in [2.24, 2.45) is 5.92 Å². The smallest absolute Gasteiger partial charge is 0.106 e. The van der Waals surface area contributed by atoms with Gasteiger partial charge in [0.25, 0.3) is 0 Å². The first-order valence-electron chi connectivity index (χ1n) is 12.7. The van der Waals surface area contributed by atoms with E-state index in [2.05, 4.69) is 62.4 Å². The van der Waals surface area contributed by atoms with Crippen molar-refractivity contribution in [2.45, 2.75) is 89.8 Å². The van der Waals surface area contributed by atoms with Gasteiger partial charge in [-0.25, -0.2) is 0 Å². The molecule has 0 bridgehead atoms. The lowest BCUT2D eigenvalue weighted by Crippen LogP contribution is -2.31. The number of hydrogen-bond acceptors (Lipinski definition) is 2. The van der Waals surface area contributed by atoms with Gasteiger partial charge >= 0.3 is 0 Å². The van der Waals surface area contributed by atoms with Crippen molar-refractivity contribution in [3.63, 3.8) is 0 Å². The Morgan fingerprint density at radius 2 is 1.35 bits per heavy atom. The van der Waals surface area contributed by atoms with E-state index in [1.807, 2.05) is 0 Å². The van der Waals surface area contributed by atoms with E-state index >= 15 is 0 Å². The number of ether oxygens (including phenoxy) is 2. The minimum atomic E-state index is 0.0668. The molecule has 2 nitrogen and oxygen atoms in total. The van der Waals surface area contributed by atoms with Crippen LogP contribution in [0.4, 0.5) is 0 Å². The zero-order valence-corrected chi connectivity index (χ0v) is 19.5. The predicted molar refractivity (Wildman–Crippen MR) is 129 cm³/mol. The van der Waals surface area contributed by atoms with Gasteiger partial charge in [0.2, 0.25) is 0 Å². The first-order valence-corrected chi connectivity index (χ1v) is 12.7. The summed E-state index contributed by atoms with van der Waals surface area (Å²) in [7, 11) is 0. The van der Waals surface area contributed by atoms with Crippen LogP contribution in [-0.4, -0.2) is 19.3 Å². The Kier molecular flexibility index (Phi) is 8.21. The summed E-state index contributed by atoms with van der Waals surface area (Å²) in [5, 5.41) is 0. The van der Waals surface area contributed by atoms with Gasteiger partial charge in [0.05, 0.1) is 19.3 Å². The molecule has 1 saturated carbocycles. The third-order valence-corrected chi connectivity index (χ3v) is 7.52. The Morgan fingerprint density at radius 1 is 0.710 bits per heavy atom. The largest absolute Gasteiger partial charge is 0.373 e. The molecule has 2 aliphatic rings. The maximum absolute atomic E-state index is 6.13. The fourth-order valence-electron chi connectivity index (χ4n) is 5.27. The molecule has 1 aliphatic carbocycles. The maximum Gasteiger partial charge on any atom is 0.106 e. The standard InChI is InChI=1S/C29H40O2/c1-3-5-6-7-28-20-31-29(21-30-28)27-18-16-26(17-19-27)25-14-12-24(13-15-25)23-10-8-22(4-2)9-11-23/h12-19,22-23,28-29H,3-11,20-21H2,1-2H3/t22?,23?,28-,29-/m1/s1. The second kappa shape index (κ2) is 11.3. The molecular formula is C29H40O2. The van der Waals surface area contributed by atoms with Crippen LogP contribution in [0.2, 0.25) is 0 Å². The third-order valence-electron chi connectivity index (χ3n) is 7.52. The number of rotatable bonds is 8. The SMILES string of the molecule is CCCCC[C@@H]1CO[C@@H](c2ccc(-c3ccc(C4CCC(CC)CC4)cc3)cc2)CO1. The van der Waals surface area contributed by atoms with Gasteiger partial charge in [0.15, 0.2) is 0 Å². The number of benzene rings is 2. The van der Waals surface area contributed by atoms with Gasteiger partial charge in [-0.3, -0.25) is 0 Å². The van der Waals surface area contributed by atoms with E-state index in [1.165, 1.54) is 73.6 Å². The minimum absolute atomic E-state index is 0.0668. The van der Waals surface area contributed by atoms with Crippen molar-refractivity contribution in [3.05, 3.63) is 59.7 Å². The fourth-order valence-corrected chi connectivity index (χ4v) is 5.27. The van der Waals surface area contributed by atoms with E-state index in [9.17, 15) is 0 Å². The molecule has 1 heterocycles. The van der Waals surface area contributed by atoms with Crippen LogP contribution in [0.5, 0.6) is 0 Å². The normalized spacial score (nSPS) is 26.6. The Balaban J connectivity index is 1.30. The summed E-state index contributed by atoms with van der Waals surface area (Å²) < 4.78 is 12.2. The van der Waals surface area contributed by atoms with Crippen LogP contribution >= 0.6 is 0 Å². The lowest BCUT2D eigenvalue weighted by atomic mass is 9.77. The number of hydrogen-bond donors (Lipinski definition) is 0. The summed E-state index contributed by atoms with van der Waals surface area (Å²) in [4.78, 5) is 0. The first kappa shape index (κ1) is 22.6. The van der Waals surface area contributed by atoms with Crippen LogP contribution in [-0.2, 0) is 9.47 Å². The summed E-state index contributed by atoms with van der Waals surface area (Å²) in [5.74, 6) is 1.72. The van der Waals surface area contributed by atoms with Crippen LogP contribution in [0.3, 0.4) is 0 Å². The molecular weight excluding hydrogens is 380 g/mol. The Bertz CT molecular complexity index is 763. The third kappa shape index (κ3) is 5.99. The van der Waals surface area contributed by atoms with E-state index in [4.69, 9.17) is 9.47 Å². The quantitative estimate of drug-likeness (QED) is 0.402. The molecule has 4 rings (SSSR count). The summed E-state index contributed by atoms with van der Waals surface area (Å²) in [5.41, 5.74) is 5.32. The predicted octanol–water partition coefficient (Wildman–Crippen LogP) is 8.07. The second-order valence-corrected chi connectivity index (χ2v) is 9.64. The van der Waals surface area contributed by atoms with Crippen LogP contribution in [0.15, 0.2) is 48.5 Å². The monoisotopic (exact) mass is 420 g/mol. The highest BCUT2D eigenvalue weighted by Gasteiger charge is 2.23. The van der Waals surface area contributed by atoms with Crippen LogP contribution in [0.25, 0.3) is 11.1 Å². The van der Waals surface area contributed by atoms with Crippen molar-refractivity contribution in [1.29, 1.82) is 0 Å². The molecule has 0 spiro atoms.